The van der Waals surface area contributed by atoms with Gasteiger partial charge in [0.25, 0.3) is 0 Å². The summed E-state index contributed by atoms with van der Waals surface area (Å²) in [6.07, 6.45) is 0. The molecule has 1 aliphatic rings. The van der Waals surface area contributed by atoms with Crippen LogP contribution in [0.1, 0.15) is 0 Å². The number of fused-ring (bicyclic) bond motifs is 1. The molecule has 0 fully saturated rings. The Balaban J connectivity index is 1.81. The molecule has 0 unspecified atom stereocenters. The third-order valence-corrected chi connectivity index (χ3v) is 5.30. The highest BCUT2D eigenvalue weighted by molar-refractivity contribution is 8.00. The molecule has 6 heteroatoms. The van der Waals surface area contributed by atoms with Crippen molar-refractivity contribution in [2.24, 2.45) is 0 Å². The van der Waals surface area contributed by atoms with Gasteiger partial charge >= 0.3 is 0 Å². The summed E-state index contributed by atoms with van der Waals surface area (Å²) in [7, 11) is 5.36. The maximum Gasteiger partial charge on any atom is 0.187 e. The van der Waals surface area contributed by atoms with Gasteiger partial charge in [-0.1, -0.05) is 12.1 Å². The van der Waals surface area contributed by atoms with E-state index in [1.165, 1.54) is 11.8 Å². The number of rotatable bonds is 5. The highest BCUT2D eigenvalue weighted by Crippen LogP contribution is 2.40. The number of ether oxygens (including phenoxy) is 1. The van der Waals surface area contributed by atoms with Crippen molar-refractivity contribution in [3.63, 3.8) is 0 Å². The van der Waals surface area contributed by atoms with Crippen LogP contribution in [0.4, 0.5) is 11.4 Å². The Labute approximate surface area is 157 Å². The number of carbonyl (C=O) groups is 1. The lowest BCUT2D eigenvalue weighted by Gasteiger charge is -2.19. The monoisotopic (exact) mass is 365 g/mol. The van der Waals surface area contributed by atoms with E-state index >= 15 is 0 Å². The second-order valence-corrected chi connectivity index (χ2v) is 6.85. The van der Waals surface area contributed by atoms with E-state index in [9.17, 15) is 10.1 Å². The van der Waals surface area contributed by atoms with Crippen LogP contribution in [0.25, 0.3) is 0 Å². The molecule has 0 N–H and O–H groups in total. The van der Waals surface area contributed by atoms with Crippen LogP contribution in [0.2, 0.25) is 0 Å². The number of carbonyl (C=O) groups excluding carboxylic acids is 1. The molecule has 1 heterocycles. The Morgan fingerprint density at radius 1 is 1.08 bits per heavy atom. The third-order valence-electron chi connectivity index (χ3n) is 4.28. The first-order valence-corrected chi connectivity index (χ1v) is 9.06. The van der Waals surface area contributed by atoms with Crippen molar-refractivity contribution in [1.29, 1.82) is 5.26 Å². The number of thioether (sulfide) groups is 1. The topological polar surface area (TPSA) is 56.6 Å². The van der Waals surface area contributed by atoms with Gasteiger partial charge < -0.3 is 14.5 Å². The summed E-state index contributed by atoms with van der Waals surface area (Å²) < 4.78 is 5.13. The predicted molar refractivity (Wildman–Crippen MR) is 105 cm³/mol. The number of hydrogen-bond donors (Lipinski definition) is 0. The highest BCUT2D eigenvalue weighted by Gasteiger charge is 2.31. The van der Waals surface area contributed by atoms with Gasteiger partial charge in [-0.2, -0.15) is 5.26 Å². The van der Waals surface area contributed by atoms with E-state index in [0.29, 0.717) is 5.82 Å². The molecule has 132 valence electrons. The van der Waals surface area contributed by atoms with Gasteiger partial charge in [-0.25, -0.2) is 0 Å². The minimum Gasteiger partial charge on any atom is -0.497 e. The first kappa shape index (κ1) is 17.9. The van der Waals surface area contributed by atoms with Gasteiger partial charge in [0.1, 0.15) is 23.2 Å². The molecule has 1 aliphatic heterocycles. The zero-order valence-electron chi connectivity index (χ0n) is 14.9. The number of hydrogen-bond acceptors (Lipinski definition) is 6. The van der Waals surface area contributed by atoms with E-state index in [1.54, 1.807) is 7.11 Å². The minimum absolute atomic E-state index is 0.173. The predicted octanol–water partition coefficient (Wildman–Crippen LogP) is 3.68. The van der Waals surface area contributed by atoms with Crippen LogP contribution in [0.3, 0.4) is 0 Å². The summed E-state index contributed by atoms with van der Waals surface area (Å²) in [5, 5.41) is 9.63. The number of anilines is 2. The van der Waals surface area contributed by atoms with Crippen LogP contribution in [0.5, 0.6) is 5.75 Å². The summed E-state index contributed by atoms with van der Waals surface area (Å²) in [6, 6.07) is 17.5. The van der Waals surface area contributed by atoms with E-state index < -0.39 is 0 Å². The van der Waals surface area contributed by atoms with Crippen molar-refractivity contribution in [1.82, 2.24) is 0 Å². The molecule has 2 aromatic rings. The van der Waals surface area contributed by atoms with Crippen LogP contribution in [-0.2, 0) is 4.79 Å². The first-order chi connectivity index (χ1) is 12.6. The standard InChI is InChI=1S/C20H19N3O2S/c1-22-17-6-4-5-7-18(17)23(2)20(22)16(12-21)19(24)13-26-15-10-8-14(25-3)9-11-15/h4-11H,13H2,1-3H3. The summed E-state index contributed by atoms with van der Waals surface area (Å²) in [4.78, 5) is 17.5. The maximum absolute atomic E-state index is 12.7. The quantitative estimate of drug-likeness (QED) is 0.458. The molecule has 0 bridgehead atoms. The highest BCUT2D eigenvalue weighted by atomic mass is 32.2. The number of allylic oxidation sites excluding steroid dienone is 1. The molecule has 5 nitrogen and oxygen atoms in total. The number of nitrogens with zero attached hydrogens (tertiary/aromatic N) is 3. The van der Waals surface area contributed by atoms with Gasteiger partial charge in [0.2, 0.25) is 0 Å². The van der Waals surface area contributed by atoms with Crippen molar-refractivity contribution >= 4 is 28.9 Å². The number of para-hydroxylation sites is 2. The fourth-order valence-electron chi connectivity index (χ4n) is 2.95. The minimum atomic E-state index is -0.185. The molecule has 0 saturated heterocycles. The molecule has 0 spiro atoms. The van der Waals surface area contributed by atoms with E-state index in [2.05, 4.69) is 6.07 Å². The Morgan fingerprint density at radius 2 is 1.65 bits per heavy atom. The van der Waals surface area contributed by atoms with Gasteiger partial charge in [0, 0.05) is 19.0 Å². The normalized spacial score (nSPS) is 12.6. The van der Waals surface area contributed by atoms with Gasteiger partial charge in [-0.15, -0.1) is 11.8 Å². The van der Waals surface area contributed by atoms with Crippen molar-refractivity contribution in [2.75, 3.05) is 36.8 Å². The van der Waals surface area contributed by atoms with Crippen molar-refractivity contribution in [3.05, 3.63) is 59.9 Å². The summed E-state index contributed by atoms with van der Waals surface area (Å²) in [5.74, 6) is 1.41. The van der Waals surface area contributed by atoms with Crippen LogP contribution in [0, 0.1) is 11.3 Å². The van der Waals surface area contributed by atoms with Gasteiger partial charge in [-0.05, 0) is 36.4 Å². The van der Waals surface area contributed by atoms with Gasteiger partial charge in [0.15, 0.2) is 5.78 Å². The van der Waals surface area contributed by atoms with Gasteiger partial charge in [-0.3, -0.25) is 4.79 Å². The SMILES string of the molecule is COc1ccc(SCC(=O)C(C#N)=C2N(C)c3ccccc3N2C)cc1. The molecule has 26 heavy (non-hydrogen) atoms. The molecule has 3 rings (SSSR count). The van der Waals surface area contributed by atoms with Crippen LogP contribution in [-0.4, -0.2) is 32.7 Å². The molecule has 0 radical (unpaired) electrons. The molecule has 0 aromatic heterocycles. The van der Waals surface area contributed by atoms with Crippen molar-refractivity contribution < 1.29 is 9.53 Å². The molecular formula is C20H19N3O2S. The largest absolute Gasteiger partial charge is 0.497 e. The second kappa shape index (κ2) is 7.54. The molecule has 0 saturated carbocycles. The second-order valence-electron chi connectivity index (χ2n) is 5.80. The fourth-order valence-corrected chi connectivity index (χ4v) is 3.72. The van der Waals surface area contributed by atoms with E-state index in [0.717, 1.165) is 22.0 Å². The third kappa shape index (κ3) is 3.26. The lowest BCUT2D eigenvalue weighted by atomic mass is 10.2. The average molecular weight is 365 g/mol. The Hall–Kier alpha value is -2.91. The van der Waals surface area contributed by atoms with E-state index in [-0.39, 0.29) is 17.1 Å². The van der Waals surface area contributed by atoms with Crippen LogP contribution >= 0.6 is 11.8 Å². The lowest BCUT2D eigenvalue weighted by molar-refractivity contribution is -0.112. The number of methoxy groups -OCH3 is 1. The molecule has 0 aliphatic carbocycles. The lowest BCUT2D eigenvalue weighted by Crippen LogP contribution is -2.26. The summed E-state index contributed by atoms with van der Waals surface area (Å²) in [5.41, 5.74) is 2.13. The average Bonchev–Trinajstić information content (AvgIpc) is 2.93. The number of ketones is 1. The molecule has 2 aromatic carbocycles. The Kier molecular flexibility index (Phi) is 5.19. The summed E-state index contributed by atoms with van der Waals surface area (Å²) in [6.45, 7) is 0. The smallest absolute Gasteiger partial charge is 0.187 e. The number of nitriles is 1. The Bertz CT molecular complexity index is 869. The number of benzene rings is 2. The van der Waals surface area contributed by atoms with Crippen LogP contribution < -0.4 is 14.5 Å². The number of Topliss-reactive ketones (excluding diaryl/α,β-unsaturated/α-hetero) is 1. The van der Waals surface area contributed by atoms with E-state index in [4.69, 9.17) is 4.74 Å². The zero-order valence-corrected chi connectivity index (χ0v) is 15.7. The fraction of sp³-hybridized carbons (Fsp3) is 0.200. The van der Waals surface area contributed by atoms with Crippen molar-refractivity contribution in [2.45, 2.75) is 4.90 Å². The maximum atomic E-state index is 12.7. The first-order valence-electron chi connectivity index (χ1n) is 8.07. The zero-order chi connectivity index (χ0) is 18.7. The Morgan fingerprint density at radius 3 is 2.15 bits per heavy atom. The molecule has 0 atom stereocenters. The summed E-state index contributed by atoms with van der Waals surface area (Å²) >= 11 is 1.41. The molecule has 0 amide bonds. The van der Waals surface area contributed by atoms with Crippen molar-refractivity contribution in [3.8, 4) is 11.8 Å². The van der Waals surface area contributed by atoms with E-state index in [1.807, 2.05) is 72.4 Å². The van der Waals surface area contributed by atoms with Gasteiger partial charge in [0.05, 0.1) is 24.2 Å². The molecular weight excluding hydrogens is 346 g/mol. The van der Waals surface area contributed by atoms with Crippen LogP contribution in [0.15, 0.2) is 64.8 Å².